The first kappa shape index (κ1) is 15.6. The Morgan fingerprint density at radius 2 is 2.00 bits per heavy atom. The molecule has 1 aromatic carbocycles. The lowest BCUT2D eigenvalue weighted by Crippen LogP contribution is -2.34. The van der Waals surface area contributed by atoms with Crippen LogP contribution in [-0.4, -0.2) is 10.9 Å². The smallest absolute Gasteiger partial charge is 0.230 e. The van der Waals surface area contributed by atoms with Crippen LogP contribution in [0, 0.1) is 5.82 Å². The largest absolute Gasteiger partial charge is 0.464 e. The second-order valence-electron chi connectivity index (χ2n) is 6.33. The number of carbonyl (C=O) groups is 1. The van der Waals surface area contributed by atoms with Gasteiger partial charge in [0.2, 0.25) is 5.91 Å². The lowest BCUT2D eigenvalue weighted by Gasteiger charge is -2.16. The van der Waals surface area contributed by atoms with Crippen LogP contribution in [0.2, 0.25) is 0 Å². The molecule has 0 aliphatic heterocycles. The van der Waals surface area contributed by atoms with Crippen molar-refractivity contribution in [1.82, 2.24) is 10.3 Å². The van der Waals surface area contributed by atoms with Crippen LogP contribution in [0.3, 0.4) is 0 Å². The zero-order valence-electron chi connectivity index (χ0n) is 13.5. The average Bonchev–Trinajstić information content (AvgIpc) is 3.26. The molecule has 0 unspecified atom stereocenters. The van der Waals surface area contributed by atoms with E-state index in [9.17, 15) is 9.18 Å². The number of halogens is 1. The minimum Gasteiger partial charge on any atom is -0.464 e. The van der Waals surface area contributed by atoms with Gasteiger partial charge in [-0.05, 0) is 54.3 Å². The fourth-order valence-electron chi connectivity index (χ4n) is 3.05. The van der Waals surface area contributed by atoms with Gasteiger partial charge in [0.25, 0.3) is 0 Å². The topological polar surface area (TPSA) is 55.1 Å². The summed E-state index contributed by atoms with van der Waals surface area (Å²) in [6, 6.07) is 11.8. The highest BCUT2D eigenvalue weighted by Gasteiger charge is 2.51. The van der Waals surface area contributed by atoms with Crippen LogP contribution in [-0.2, 0) is 16.8 Å². The third-order valence-corrected chi connectivity index (χ3v) is 4.64. The summed E-state index contributed by atoms with van der Waals surface area (Å²) in [6.07, 6.45) is 6.64. The Morgan fingerprint density at radius 1 is 1.20 bits per heavy atom. The number of hydrogen-bond donors (Lipinski definition) is 1. The maximum atomic E-state index is 13.1. The Hall–Kier alpha value is -2.95. The van der Waals surface area contributed by atoms with Gasteiger partial charge < -0.3 is 9.73 Å². The Morgan fingerprint density at radius 3 is 2.68 bits per heavy atom. The number of nitrogens with one attached hydrogen (secondary N) is 1. The summed E-state index contributed by atoms with van der Waals surface area (Å²) in [5, 5.41) is 2.98. The molecule has 0 radical (unpaired) electrons. The van der Waals surface area contributed by atoms with Crippen LogP contribution in [0.1, 0.15) is 24.0 Å². The molecular weight excluding hydrogens is 319 g/mol. The zero-order valence-corrected chi connectivity index (χ0v) is 13.5. The van der Waals surface area contributed by atoms with Crippen molar-refractivity contribution in [3.63, 3.8) is 0 Å². The lowest BCUT2D eigenvalue weighted by molar-refractivity contribution is -0.123. The third-order valence-electron chi connectivity index (χ3n) is 4.64. The van der Waals surface area contributed by atoms with Gasteiger partial charge in [-0.15, -0.1) is 0 Å². The maximum Gasteiger partial charge on any atom is 0.230 e. The van der Waals surface area contributed by atoms with Crippen LogP contribution >= 0.6 is 0 Å². The van der Waals surface area contributed by atoms with E-state index in [1.54, 1.807) is 30.8 Å². The fourth-order valence-corrected chi connectivity index (χ4v) is 3.05. The third kappa shape index (κ3) is 3.05. The molecule has 1 saturated carbocycles. The fraction of sp³-hybridized carbons (Fsp3) is 0.200. The Kier molecular flexibility index (Phi) is 3.84. The minimum absolute atomic E-state index is 0.0255. The van der Waals surface area contributed by atoms with E-state index in [1.807, 2.05) is 18.2 Å². The van der Waals surface area contributed by atoms with Crippen molar-refractivity contribution in [3.8, 4) is 11.3 Å². The normalized spacial score (nSPS) is 14.9. The standard InChI is InChI=1S/C20H17FN2O2/c21-17-5-3-16(4-6-17)20(7-8-20)19(24)23-12-14-10-15(13-22-11-14)18-2-1-9-25-18/h1-6,9-11,13H,7-8,12H2,(H,23,24). The van der Waals surface area contributed by atoms with Gasteiger partial charge in [-0.1, -0.05) is 12.1 Å². The molecular formula is C20H17FN2O2. The van der Waals surface area contributed by atoms with Crippen molar-refractivity contribution in [2.24, 2.45) is 0 Å². The van der Waals surface area contributed by atoms with Crippen molar-refractivity contribution in [2.75, 3.05) is 0 Å². The van der Waals surface area contributed by atoms with Crippen molar-refractivity contribution in [3.05, 3.63) is 78.1 Å². The number of furan rings is 1. The predicted octanol–water partition coefficient (Wildman–Crippen LogP) is 3.83. The van der Waals surface area contributed by atoms with Gasteiger partial charge in [0, 0.05) is 24.5 Å². The monoisotopic (exact) mass is 336 g/mol. The van der Waals surface area contributed by atoms with Gasteiger partial charge in [0.15, 0.2) is 0 Å². The molecule has 1 amide bonds. The molecule has 1 N–H and O–H groups in total. The minimum atomic E-state index is -0.514. The van der Waals surface area contributed by atoms with Gasteiger partial charge in [-0.2, -0.15) is 0 Å². The Labute approximate surface area is 144 Å². The summed E-state index contributed by atoms with van der Waals surface area (Å²) in [5.41, 5.74) is 2.13. The van der Waals surface area contributed by atoms with Crippen LogP contribution in [0.25, 0.3) is 11.3 Å². The van der Waals surface area contributed by atoms with E-state index in [4.69, 9.17) is 4.42 Å². The number of aromatic nitrogens is 1. The van der Waals surface area contributed by atoms with Gasteiger partial charge in [0.1, 0.15) is 11.6 Å². The molecule has 0 bridgehead atoms. The molecule has 4 rings (SSSR count). The average molecular weight is 336 g/mol. The quantitative estimate of drug-likeness (QED) is 0.770. The molecule has 4 nitrogen and oxygen atoms in total. The molecule has 5 heteroatoms. The van der Waals surface area contributed by atoms with Crippen LogP contribution < -0.4 is 5.32 Å². The van der Waals surface area contributed by atoms with Crippen molar-refractivity contribution >= 4 is 5.91 Å². The first-order chi connectivity index (χ1) is 12.2. The highest BCUT2D eigenvalue weighted by Crippen LogP contribution is 2.48. The summed E-state index contributed by atoms with van der Waals surface area (Å²) in [7, 11) is 0. The number of benzene rings is 1. The number of amides is 1. The first-order valence-corrected chi connectivity index (χ1v) is 8.19. The molecule has 25 heavy (non-hydrogen) atoms. The van der Waals surface area contributed by atoms with E-state index in [0.717, 1.165) is 35.3 Å². The highest BCUT2D eigenvalue weighted by atomic mass is 19.1. The first-order valence-electron chi connectivity index (χ1n) is 8.19. The molecule has 2 heterocycles. The summed E-state index contributed by atoms with van der Waals surface area (Å²) < 4.78 is 18.5. The van der Waals surface area contributed by atoms with Crippen LogP contribution in [0.5, 0.6) is 0 Å². The van der Waals surface area contributed by atoms with Crippen molar-refractivity contribution in [2.45, 2.75) is 24.8 Å². The van der Waals surface area contributed by atoms with E-state index in [2.05, 4.69) is 10.3 Å². The SMILES string of the molecule is O=C(NCc1cncc(-c2ccco2)c1)C1(c2ccc(F)cc2)CC1. The van der Waals surface area contributed by atoms with Crippen molar-refractivity contribution < 1.29 is 13.6 Å². The van der Waals surface area contributed by atoms with E-state index in [0.29, 0.717) is 6.54 Å². The van der Waals surface area contributed by atoms with E-state index >= 15 is 0 Å². The molecule has 0 saturated heterocycles. The molecule has 3 aromatic rings. The summed E-state index contributed by atoms with van der Waals surface area (Å²) in [5.74, 6) is 0.425. The molecule has 1 fully saturated rings. The molecule has 0 spiro atoms. The van der Waals surface area contributed by atoms with Gasteiger partial charge >= 0.3 is 0 Å². The van der Waals surface area contributed by atoms with E-state index < -0.39 is 5.41 Å². The summed E-state index contributed by atoms with van der Waals surface area (Å²) in [6.45, 7) is 0.392. The van der Waals surface area contributed by atoms with Gasteiger partial charge in [-0.25, -0.2) is 4.39 Å². The van der Waals surface area contributed by atoms with Gasteiger partial charge in [0.05, 0.1) is 11.7 Å². The number of carbonyl (C=O) groups excluding carboxylic acids is 1. The second kappa shape index (κ2) is 6.16. The molecule has 1 aliphatic carbocycles. The van der Waals surface area contributed by atoms with E-state index in [-0.39, 0.29) is 11.7 Å². The number of rotatable bonds is 5. The number of nitrogens with zero attached hydrogens (tertiary/aromatic N) is 1. The Balaban J connectivity index is 1.46. The van der Waals surface area contributed by atoms with E-state index in [1.165, 1.54) is 12.1 Å². The molecule has 2 aromatic heterocycles. The molecule has 1 aliphatic rings. The molecule has 0 atom stereocenters. The van der Waals surface area contributed by atoms with Gasteiger partial charge in [-0.3, -0.25) is 9.78 Å². The predicted molar refractivity (Wildman–Crippen MR) is 91.1 cm³/mol. The number of hydrogen-bond acceptors (Lipinski definition) is 3. The lowest BCUT2D eigenvalue weighted by atomic mass is 9.95. The van der Waals surface area contributed by atoms with Crippen molar-refractivity contribution in [1.29, 1.82) is 0 Å². The Bertz CT molecular complexity index is 884. The summed E-state index contributed by atoms with van der Waals surface area (Å²) >= 11 is 0. The van der Waals surface area contributed by atoms with Crippen LogP contribution in [0.15, 0.2) is 65.5 Å². The molecule has 126 valence electrons. The highest BCUT2D eigenvalue weighted by molar-refractivity contribution is 5.91. The van der Waals surface area contributed by atoms with Crippen LogP contribution in [0.4, 0.5) is 4.39 Å². The number of pyridine rings is 1. The second-order valence-corrected chi connectivity index (χ2v) is 6.33. The zero-order chi connectivity index (χ0) is 17.3. The summed E-state index contributed by atoms with van der Waals surface area (Å²) in [4.78, 5) is 16.9. The maximum absolute atomic E-state index is 13.1.